The molecule has 3 rings (SSSR count). The molecular weight excluding hydrogens is 378 g/mol. The Kier molecular flexibility index (Phi) is 5.31. The van der Waals surface area contributed by atoms with Crippen molar-refractivity contribution in [2.45, 2.75) is 27.7 Å². The number of rotatable bonds is 6. The van der Waals surface area contributed by atoms with Crippen molar-refractivity contribution in [3.05, 3.63) is 74.3 Å². The van der Waals surface area contributed by atoms with E-state index in [9.17, 15) is 19.7 Å². The van der Waals surface area contributed by atoms with Crippen molar-refractivity contribution in [2.75, 3.05) is 6.61 Å². The Morgan fingerprint density at radius 1 is 1.17 bits per heavy atom. The molecule has 29 heavy (non-hydrogen) atoms. The summed E-state index contributed by atoms with van der Waals surface area (Å²) in [6, 6.07) is 7.46. The Morgan fingerprint density at radius 2 is 1.90 bits per heavy atom. The van der Waals surface area contributed by atoms with Crippen LogP contribution < -0.4 is 0 Å². The van der Waals surface area contributed by atoms with Crippen molar-refractivity contribution < 1.29 is 23.8 Å². The number of ketones is 1. The fraction of sp³-hybridized carbons (Fsp3) is 0.250. The van der Waals surface area contributed by atoms with Crippen LogP contribution in [-0.4, -0.2) is 33.0 Å². The molecule has 0 saturated heterocycles. The van der Waals surface area contributed by atoms with Crippen LogP contribution in [0.1, 0.15) is 43.4 Å². The molecule has 0 aliphatic heterocycles. The first-order valence-electron chi connectivity index (χ1n) is 8.77. The van der Waals surface area contributed by atoms with Crippen LogP contribution >= 0.6 is 0 Å². The topological polar surface area (TPSA) is 117 Å². The molecule has 0 atom stereocenters. The lowest BCUT2D eigenvalue weighted by molar-refractivity contribution is -0.385. The van der Waals surface area contributed by atoms with Crippen LogP contribution in [0.2, 0.25) is 0 Å². The molecular formula is C20H19N3O6. The number of carbonyl (C=O) groups is 2. The summed E-state index contributed by atoms with van der Waals surface area (Å²) in [7, 11) is 0. The number of benzene rings is 1. The third-order valence-corrected chi connectivity index (χ3v) is 4.55. The molecule has 0 bridgehead atoms. The maximum atomic E-state index is 12.6. The van der Waals surface area contributed by atoms with E-state index in [0.717, 1.165) is 11.8 Å². The average Bonchev–Trinajstić information content (AvgIpc) is 3.21. The fourth-order valence-corrected chi connectivity index (χ4v) is 3.08. The normalized spacial score (nSPS) is 10.8. The van der Waals surface area contributed by atoms with E-state index in [1.807, 2.05) is 6.92 Å². The predicted octanol–water partition coefficient (Wildman–Crippen LogP) is 3.65. The van der Waals surface area contributed by atoms with Crippen LogP contribution in [0, 0.1) is 37.8 Å². The molecule has 0 aliphatic rings. The number of esters is 1. The third kappa shape index (κ3) is 3.93. The second-order valence-corrected chi connectivity index (χ2v) is 6.67. The van der Waals surface area contributed by atoms with Gasteiger partial charge in [-0.05, 0) is 39.8 Å². The zero-order chi connectivity index (χ0) is 21.3. The van der Waals surface area contributed by atoms with Crippen LogP contribution in [0.5, 0.6) is 0 Å². The van der Waals surface area contributed by atoms with Crippen molar-refractivity contribution >= 4 is 17.4 Å². The van der Waals surface area contributed by atoms with Gasteiger partial charge in [0.2, 0.25) is 5.78 Å². The molecule has 150 valence electrons. The molecule has 0 unspecified atom stereocenters. The molecule has 0 fully saturated rings. The van der Waals surface area contributed by atoms with Gasteiger partial charge in [0.15, 0.2) is 12.4 Å². The van der Waals surface area contributed by atoms with E-state index in [0.29, 0.717) is 28.4 Å². The molecule has 1 aromatic carbocycles. The number of ether oxygens (including phenoxy) is 1. The summed E-state index contributed by atoms with van der Waals surface area (Å²) in [5.41, 5.74) is 2.07. The highest BCUT2D eigenvalue weighted by atomic mass is 16.6. The van der Waals surface area contributed by atoms with Gasteiger partial charge in [0, 0.05) is 34.6 Å². The summed E-state index contributed by atoms with van der Waals surface area (Å²) in [4.78, 5) is 35.3. The van der Waals surface area contributed by atoms with Gasteiger partial charge in [0.1, 0.15) is 5.76 Å². The molecule has 0 saturated carbocycles. The summed E-state index contributed by atoms with van der Waals surface area (Å²) in [5.74, 6) is 0.00363. The highest BCUT2D eigenvalue weighted by Crippen LogP contribution is 2.22. The number of aromatic nitrogens is 2. The molecule has 0 aliphatic carbocycles. The first kappa shape index (κ1) is 20.0. The minimum Gasteiger partial charge on any atom is -0.454 e. The minimum absolute atomic E-state index is 0.0126. The Morgan fingerprint density at radius 3 is 2.52 bits per heavy atom. The van der Waals surface area contributed by atoms with Gasteiger partial charge in [-0.1, -0.05) is 11.2 Å². The Bertz CT molecular complexity index is 1130. The standard InChI is InChI=1S/C20H19N3O6/c1-11-5-6-15(9-17(11)23(26)27)20(25)28-10-18(24)16-7-12(2)22(14(16)4)19-8-13(3)29-21-19/h5-9H,10H2,1-4H3. The number of nitro benzene ring substituents is 1. The summed E-state index contributed by atoms with van der Waals surface area (Å²) in [5, 5.41) is 15.0. The summed E-state index contributed by atoms with van der Waals surface area (Å²) in [6.07, 6.45) is 0. The van der Waals surface area contributed by atoms with Crippen molar-refractivity contribution in [2.24, 2.45) is 0 Å². The molecule has 2 aromatic heterocycles. The van der Waals surface area contributed by atoms with Gasteiger partial charge in [0.05, 0.1) is 10.5 Å². The monoisotopic (exact) mass is 397 g/mol. The molecule has 9 nitrogen and oxygen atoms in total. The van der Waals surface area contributed by atoms with E-state index in [2.05, 4.69) is 5.16 Å². The third-order valence-electron chi connectivity index (χ3n) is 4.55. The van der Waals surface area contributed by atoms with Crippen LogP contribution in [-0.2, 0) is 4.74 Å². The number of hydrogen-bond acceptors (Lipinski definition) is 7. The minimum atomic E-state index is -0.803. The van der Waals surface area contributed by atoms with Crippen molar-refractivity contribution in [3.63, 3.8) is 0 Å². The van der Waals surface area contributed by atoms with Crippen LogP contribution in [0.15, 0.2) is 34.9 Å². The average molecular weight is 397 g/mol. The SMILES string of the molecule is Cc1cc(-n2c(C)cc(C(=O)COC(=O)c3ccc(C)c([N+](=O)[O-])c3)c2C)no1. The number of nitrogens with zero attached hydrogens (tertiary/aromatic N) is 3. The number of hydrogen-bond donors (Lipinski definition) is 0. The lowest BCUT2D eigenvalue weighted by Crippen LogP contribution is -2.15. The molecule has 0 spiro atoms. The Balaban J connectivity index is 1.76. The molecule has 2 heterocycles. The Labute approximate surface area is 166 Å². The summed E-state index contributed by atoms with van der Waals surface area (Å²) in [6.45, 7) is 6.44. The number of nitro groups is 1. The first-order chi connectivity index (χ1) is 13.7. The molecule has 3 aromatic rings. The number of carbonyl (C=O) groups excluding carboxylic acids is 2. The maximum Gasteiger partial charge on any atom is 0.338 e. The fourth-order valence-electron chi connectivity index (χ4n) is 3.08. The number of aryl methyl sites for hydroxylation is 3. The largest absolute Gasteiger partial charge is 0.454 e. The number of Topliss-reactive ketones (excluding diaryl/α,β-unsaturated/α-hetero) is 1. The quantitative estimate of drug-likeness (QED) is 0.270. The predicted molar refractivity (Wildman–Crippen MR) is 102 cm³/mol. The molecule has 0 N–H and O–H groups in total. The van der Waals surface area contributed by atoms with E-state index in [4.69, 9.17) is 9.26 Å². The second kappa shape index (κ2) is 7.70. The molecule has 9 heteroatoms. The lowest BCUT2D eigenvalue weighted by Gasteiger charge is -2.06. The van der Waals surface area contributed by atoms with Crippen LogP contribution in [0.4, 0.5) is 5.69 Å². The van der Waals surface area contributed by atoms with Gasteiger partial charge in [-0.15, -0.1) is 0 Å². The highest BCUT2D eigenvalue weighted by Gasteiger charge is 2.21. The van der Waals surface area contributed by atoms with E-state index in [1.165, 1.54) is 12.1 Å². The summed E-state index contributed by atoms with van der Waals surface area (Å²) < 4.78 is 11.9. The second-order valence-electron chi connectivity index (χ2n) is 6.67. The summed E-state index contributed by atoms with van der Waals surface area (Å²) >= 11 is 0. The lowest BCUT2D eigenvalue weighted by atomic mass is 10.1. The molecule has 0 radical (unpaired) electrons. The van der Waals surface area contributed by atoms with E-state index in [1.54, 1.807) is 37.5 Å². The van der Waals surface area contributed by atoms with Gasteiger partial charge in [0.25, 0.3) is 5.69 Å². The van der Waals surface area contributed by atoms with Gasteiger partial charge in [-0.2, -0.15) is 0 Å². The smallest absolute Gasteiger partial charge is 0.338 e. The van der Waals surface area contributed by atoms with Crippen molar-refractivity contribution in [1.82, 2.24) is 9.72 Å². The maximum absolute atomic E-state index is 12.6. The van der Waals surface area contributed by atoms with Gasteiger partial charge in [-0.25, -0.2) is 4.79 Å². The van der Waals surface area contributed by atoms with Gasteiger partial charge < -0.3 is 9.26 Å². The van der Waals surface area contributed by atoms with E-state index in [-0.39, 0.29) is 17.0 Å². The van der Waals surface area contributed by atoms with E-state index >= 15 is 0 Å². The van der Waals surface area contributed by atoms with Crippen LogP contribution in [0.3, 0.4) is 0 Å². The zero-order valence-corrected chi connectivity index (χ0v) is 16.4. The zero-order valence-electron chi connectivity index (χ0n) is 16.4. The van der Waals surface area contributed by atoms with Crippen LogP contribution in [0.25, 0.3) is 5.82 Å². The highest BCUT2D eigenvalue weighted by molar-refractivity contribution is 6.00. The first-order valence-corrected chi connectivity index (χ1v) is 8.77. The van der Waals surface area contributed by atoms with Gasteiger partial charge in [-0.3, -0.25) is 19.5 Å². The molecule has 0 amide bonds. The Hall–Kier alpha value is -3.75. The van der Waals surface area contributed by atoms with E-state index < -0.39 is 17.5 Å². The van der Waals surface area contributed by atoms with Crippen molar-refractivity contribution in [3.8, 4) is 5.82 Å². The van der Waals surface area contributed by atoms with Gasteiger partial charge >= 0.3 is 5.97 Å². The van der Waals surface area contributed by atoms with Crippen molar-refractivity contribution in [1.29, 1.82) is 0 Å².